The molecule has 0 saturated carbocycles. The molecule has 0 unspecified atom stereocenters. The second-order valence-electron chi connectivity index (χ2n) is 4.99. The highest BCUT2D eigenvalue weighted by Crippen LogP contribution is 2.14. The van der Waals surface area contributed by atoms with Crippen LogP contribution in [0.5, 0.6) is 5.75 Å². The number of fused-ring (bicyclic) bond motifs is 1. The average molecular weight is 295 g/mol. The Morgan fingerprint density at radius 1 is 1.23 bits per heavy atom. The lowest BCUT2D eigenvalue weighted by Crippen LogP contribution is -2.22. The van der Waals surface area contributed by atoms with Crippen molar-refractivity contribution in [3.05, 3.63) is 60.4 Å². The van der Waals surface area contributed by atoms with Crippen LogP contribution in [0.3, 0.4) is 0 Å². The number of nitrogens with one attached hydrogen (secondary N) is 1. The maximum Gasteiger partial charge on any atom is 0.239 e. The number of rotatable bonds is 5. The highest BCUT2D eigenvalue weighted by molar-refractivity contribution is 5.86. The van der Waals surface area contributed by atoms with E-state index in [4.69, 9.17) is 4.74 Å². The van der Waals surface area contributed by atoms with Crippen molar-refractivity contribution in [2.45, 2.75) is 12.8 Å². The number of amides is 1. The molecule has 1 amide bonds. The van der Waals surface area contributed by atoms with Crippen LogP contribution < -0.4 is 10.2 Å². The van der Waals surface area contributed by atoms with E-state index in [0.717, 1.165) is 22.3 Å². The van der Waals surface area contributed by atoms with Crippen LogP contribution in [-0.4, -0.2) is 22.7 Å². The van der Waals surface area contributed by atoms with Crippen LogP contribution in [0, 0.1) is 0 Å². The quantitative estimate of drug-likeness (QED) is 0.787. The van der Waals surface area contributed by atoms with Gasteiger partial charge in [-0.05, 0) is 36.2 Å². The molecule has 112 valence electrons. The number of nitrogens with zero attached hydrogens (tertiary/aromatic N) is 2. The fourth-order valence-electron chi connectivity index (χ4n) is 2.32. The zero-order valence-electron chi connectivity index (χ0n) is 12.3. The normalized spacial score (nSPS) is 10.6. The van der Waals surface area contributed by atoms with Gasteiger partial charge in [0.15, 0.2) is 0 Å². The molecule has 0 aliphatic carbocycles. The van der Waals surface area contributed by atoms with E-state index in [0.29, 0.717) is 12.8 Å². The van der Waals surface area contributed by atoms with Crippen LogP contribution in [0.2, 0.25) is 0 Å². The molecule has 1 aromatic heterocycles. The van der Waals surface area contributed by atoms with Gasteiger partial charge in [-0.15, -0.1) is 0 Å². The number of imidazole rings is 1. The Labute approximate surface area is 128 Å². The molecule has 0 aliphatic heterocycles. The van der Waals surface area contributed by atoms with E-state index in [2.05, 4.69) is 10.4 Å². The topological polar surface area (TPSA) is 56.1 Å². The van der Waals surface area contributed by atoms with Gasteiger partial charge in [-0.25, -0.2) is 9.66 Å². The summed E-state index contributed by atoms with van der Waals surface area (Å²) in [5.41, 5.74) is 5.67. The molecule has 5 nitrogen and oxygen atoms in total. The van der Waals surface area contributed by atoms with E-state index in [-0.39, 0.29) is 5.91 Å². The first-order chi connectivity index (χ1) is 10.8. The summed E-state index contributed by atoms with van der Waals surface area (Å²) in [6.07, 6.45) is 2.68. The summed E-state index contributed by atoms with van der Waals surface area (Å²) < 4.78 is 6.84. The van der Waals surface area contributed by atoms with Gasteiger partial charge in [0.1, 0.15) is 12.1 Å². The van der Waals surface area contributed by atoms with E-state index in [1.54, 1.807) is 18.1 Å². The van der Waals surface area contributed by atoms with Gasteiger partial charge < -0.3 is 4.74 Å². The largest absolute Gasteiger partial charge is 0.497 e. The summed E-state index contributed by atoms with van der Waals surface area (Å²) in [6.45, 7) is 0. The Bertz CT molecular complexity index is 795. The maximum atomic E-state index is 12.1. The second kappa shape index (κ2) is 6.30. The Kier molecular flexibility index (Phi) is 4.05. The van der Waals surface area contributed by atoms with Crippen LogP contribution in [-0.2, 0) is 11.2 Å². The lowest BCUT2D eigenvalue weighted by atomic mass is 10.1. The minimum absolute atomic E-state index is 0.0500. The number of hydrogen-bond acceptors (Lipinski definition) is 3. The summed E-state index contributed by atoms with van der Waals surface area (Å²) in [6, 6.07) is 15.4. The summed E-state index contributed by atoms with van der Waals surface area (Å²) in [4.78, 5) is 16.3. The molecule has 0 aliphatic rings. The Hall–Kier alpha value is -2.82. The average Bonchev–Trinajstić information content (AvgIpc) is 2.96. The minimum Gasteiger partial charge on any atom is -0.497 e. The molecule has 0 spiro atoms. The Morgan fingerprint density at radius 2 is 2.09 bits per heavy atom. The van der Waals surface area contributed by atoms with Crippen LogP contribution >= 0.6 is 0 Å². The Balaban J connectivity index is 1.63. The van der Waals surface area contributed by atoms with Gasteiger partial charge in [-0.1, -0.05) is 24.3 Å². The van der Waals surface area contributed by atoms with E-state index in [1.165, 1.54) is 0 Å². The number of ether oxygens (including phenoxy) is 1. The van der Waals surface area contributed by atoms with Gasteiger partial charge >= 0.3 is 0 Å². The van der Waals surface area contributed by atoms with Crippen molar-refractivity contribution in [1.29, 1.82) is 0 Å². The molecule has 1 heterocycles. The van der Waals surface area contributed by atoms with Crippen molar-refractivity contribution in [3.63, 3.8) is 0 Å². The van der Waals surface area contributed by atoms with Crippen molar-refractivity contribution in [3.8, 4) is 5.75 Å². The fraction of sp³-hybridized carbons (Fsp3) is 0.176. The summed E-state index contributed by atoms with van der Waals surface area (Å²) in [5.74, 6) is 0.754. The monoisotopic (exact) mass is 295 g/mol. The smallest absolute Gasteiger partial charge is 0.239 e. The summed E-state index contributed by atoms with van der Waals surface area (Å²) in [7, 11) is 1.63. The SMILES string of the molecule is COc1cccc(CCC(=O)Nn2cnc3ccccc32)c1. The van der Waals surface area contributed by atoms with Crippen molar-refractivity contribution >= 4 is 16.9 Å². The fourth-order valence-corrected chi connectivity index (χ4v) is 2.32. The molecule has 0 saturated heterocycles. The molecule has 5 heteroatoms. The van der Waals surface area contributed by atoms with E-state index >= 15 is 0 Å². The third-order valence-corrected chi connectivity index (χ3v) is 3.47. The molecule has 0 fully saturated rings. The highest BCUT2D eigenvalue weighted by Gasteiger charge is 2.06. The number of methoxy groups -OCH3 is 1. The lowest BCUT2D eigenvalue weighted by Gasteiger charge is -2.07. The van der Waals surface area contributed by atoms with Crippen LogP contribution in [0.15, 0.2) is 54.9 Å². The van der Waals surface area contributed by atoms with Gasteiger partial charge in [-0.2, -0.15) is 0 Å². The molecule has 2 aromatic carbocycles. The van der Waals surface area contributed by atoms with Gasteiger partial charge in [0.2, 0.25) is 5.91 Å². The van der Waals surface area contributed by atoms with Crippen molar-refractivity contribution < 1.29 is 9.53 Å². The summed E-state index contributed by atoms with van der Waals surface area (Å²) >= 11 is 0. The zero-order chi connectivity index (χ0) is 15.4. The third kappa shape index (κ3) is 3.09. The molecular formula is C17H17N3O2. The predicted octanol–water partition coefficient (Wildman–Crippen LogP) is 2.75. The lowest BCUT2D eigenvalue weighted by molar-refractivity contribution is -0.117. The molecule has 3 aromatic rings. The minimum atomic E-state index is -0.0500. The zero-order valence-corrected chi connectivity index (χ0v) is 12.3. The first kappa shape index (κ1) is 14.1. The molecule has 0 radical (unpaired) electrons. The number of carbonyl (C=O) groups is 1. The predicted molar refractivity (Wildman–Crippen MR) is 85.4 cm³/mol. The molecule has 1 N–H and O–H groups in total. The number of benzene rings is 2. The van der Waals surface area contributed by atoms with E-state index in [1.807, 2.05) is 48.5 Å². The number of aromatic nitrogens is 2. The molecule has 0 atom stereocenters. The van der Waals surface area contributed by atoms with E-state index in [9.17, 15) is 4.79 Å². The molecular weight excluding hydrogens is 278 g/mol. The molecule has 22 heavy (non-hydrogen) atoms. The van der Waals surface area contributed by atoms with Gasteiger partial charge in [0.05, 0.1) is 18.1 Å². The number of hydrogen-bond donors (Lipinski definition) is 1. The molecule has 3 rings (SSSR count). The number of carbonyl (C=O) groups excluding carboxylic acids is 1. The number of aryl methyl sites for hydroxylation is 1. The van der Waals surface area contributed by atoms with Gasteiger partial charge in [0.25, 0.3) is 0 Å². The van der Waals surface area contributed by atoms with Crippen molar-refractivity contribution in [2.75, 3.05) is 12.5 Å². The van der Waals surface area contributed by atoms with Crippen LogP contribution in [0.4, 0.5) is 0 Å². The van der Waals surface area contributed by atoms with Crippen molar-refractivity contribution in [2.24, 2.45) is 0 Å². The highest BCUT2D eigenvalue weighted by atomic mass is 16.5. The number of para-hydroxylation sites is 2. The Morgan fingerprint density at radius 3 is 2.95 bits per heavy atom. The van der Waals surface area contributed by atoms with Crippen LogP contribution in [0.25, 0.3) is 11.0 Å². The third-order valence-electron chi connectivity index (χ3n) is 3.47. The van der Waals surface area contributed by atoms with E-state index < -0.39 is 0 Å². The first-order valence-corrected chi connectivity index (χ1v) is 7.11. The second-order valence-corrected chi connectivity index (χ2v) is 4.99. The summed E-state index contributed by atoms with van der Waals surface area (Å²) in [5, 5.41) is 0. The maximum absolute atomic E-state index is 12.1. The van der Waals surface area contributed by atoms with Gasteiger partial charge in [0, 0.05) is 6.42 Å². The van der Waals surface area contributed by atoms with Crippen molar-refractivity contribution in [1.82, 2.24) is 9.66 Å². The standard InChI is InChI=1S/C17H17N3O2/c1-22-14-6-4-5-13(11-14)9-10-17(21)19-20-12-18-15-7-2-3-8-16(15)20/h2-8,11-12H,9-10H2,1H3,(H,19,21). The van der Waals surface area contributed by atoms with Crippen LogP contribution in [0.1, 0.15) is 12.0 Å². The molecule has 0 bridgehead atoms. The van der Waals surface area contributed by atoms with Gasteiger partial charge in [-0.3, -0.25) is 10.2 Å². The first-order valence-electron chi connectivity index (χ1n) is 7.11.